The summed E-state index contributed by atoms with van der Waals surface area (Å²) in [4.78, 5) is 13.0. The van der Waals surface area contributed by atoms with Gasteiger partial charge in [0.25, 0.3) is 0 Å². The van der Waals surface area contributed by atoms with Crippen LogP contribution in [0.25, 0.3) is 0 Å². The van der Waals surface area contributed by atoms with Crippen molar-refractivity contribution in [2.24, 2.45) is 0 Å². The van der Waals surface area contributed by atoms with E-state index < -0.39 is 22.0 Å². The van der Waals surface area contributed by atoms with Crippen LogP contribution in [0.3, 0.4) is 0 Å². The molecule has 0 spiro atoms. The lowest BCUT2D eigenvalue weighted by molar-refractivity contribution is -0.117. The van der Waals surface area contributed by atoms with Crippen molar-refractivity contribution in [1.82, 2.24) is 0 Å². The molecule has 0 saturated carbocycles. The molecule has 152 valence electrons. The number of carbonyl (C=O) groups excluding carboxylic acids is 1. The summed E-state index contributed by atoms with van der Waals surface area (Å²) in [6.45, 7) is 5.87. The first-order valence-corrected chi connectivity index (χ1v) is 11.2. The van der Waals surface area contributed by atoms with Crippen LogP contribution < -0.4 is 14.4 Å². The largest absolute Gasteiger partial charge is 0.492 e. The number of aryl methyl sites for hydroxylation is 1. The van der Waals surface area contributed by atoms with Crippen molar-refractivity contribution in [3.05, 3.63) is 53.1 Å². The minimum absolute atomic E-state index is 0.279. The fourth-order valence-electron chi connectivity index (χ4n) is 2.85. The van der Waals surface area contributed by atoms with Crippen molar-refractivity contribution in [1.29, 1.82) is 0 Å². The first-order valence-electron chi connectivity index (χ1n) is 8.97. The van der Waals surface area contributed by atoms with Gasteiger partial charge in [0, 0.05) is 5.02 Å². The Labute approximate surface area is 171 Å². The Morgan fingerprint density at radius 2 is 1.89 bits per heavy atom. The highest BCUT2D eigenvalue weighted by molar-refractivity contribution is 7.92. The van der Waals surface area contributed by atoms with Gasteiger partial charge in [-0.3, -0.25) is 9.10 Å². The summed E-state index contributed by atoms with van der Waals surface area (Å²) in [7, 11) is -3.73. The van der Waals surface area contributed by atoms with Crippen LogP contribution in [0.15, 0.2) is 42.5 Å². The predicted molar refractivity (Wildman–Crippen MR) is 114 cm³/mol. The molecule has 0 fully saturated rings. The lowest BCUT2D eigenvalue weighted by Crippen LogP contribution is -2.47. The Morgan fingerprint density at radius 3 is 2.46 bits per heavy atom. The van der Waals surface area contributed by atoms with Crippen molar-refractivity contribution >= 4 is 38.9 Å². The number of sulfonamides is 1. The van der Waals surface area contributed by atoms with Crippen molar-refractivity contribution in [3.8, 4) is 5.75 Å². The number of anilines is 2. The Kier molecular flexibility index (Phi) is 7.32. The van der Waals surface area contributed by atoms with Crippen LogP contribution in [0.1, 0.15) is 25.8 Å². The number of benzene rings is 2. The van der Waals surface area contributed by atoms with E-state index in [-0.39, 0.29) is 6.42 Å². The molecule has 8 heteroatoms. The maximum Gasteiger partial charge on any atom is 0.248 e. The summed E-state index contributed by atoms with van der Waals surface area (Å²) >= 11 is 6.18. The van der Waals surface area contributed by atoms with Crippen LogP contribution in [0.5, 0.6) is 5.75 Å². The third kappa shape index (κ3) is 5.17. The number of carbonyl (C=O) groups is 1. The number of nitrogens with one attached hydrogen (secondary N) is 1. The molecule has 2 rings (SSSR count). The number of ether oxygens (including phenoxy) is 1. The fraction of sp³-hybridized carbons (Fsp3) is 0.350. The molecule has 1 amide bonds. The number of amides is 1. The number of hydrogen-bond acceptors (Lipinski definition) is 4. The Hall–Kier alpha value is -2.25. The Balaban J connectivity index is 2.41. The van der Waals surface area contributed by atoms with Gasteiger partial charge < -0.3 is 10.1 Å². The lowest BCUT2D eigenvalue weighted by Gasteiger charge is -2.30. The highest BCUT2D eigenvalue weighted by atomic mass is 35.5. The smallest absolute Gasteiger partial charge is 0.248 e. The molecule has 6 nitrogen and oxygen atoms in total. The maximum absolute atomic E-state index is 13.0. The van der Waals surface area contributed by atoms with E-state index in [1.165, 1.54) is 0 Å². The van der Waals surface area contributed by atoms with E-state index in [1.54, 1.807) is 49.4 Å². The van der Waals surface area contributed by atoms with Crippen molar-refractivity contribution < 1.29 is 17.9 Å². The van der Waals surface area contributed by atoms with Crippen molar-refractivity contribution in [3.63, 3.8) is 0 Å². The quantitative estimate of drug-likeness (QED) is 0.688. The third-order valence-electron chi connectivity index (χ3n) is 4.18. The molecule has 0 radical (unpaired) electrons. The summed E-state index contributed by atoms with van der Waals surface area (Å²) < 4.78 is 31.7. The molecule has 28 heavy (non-hydrogen) atoms. The van der Waals surface area contributed by atoms with Crippen LogP contribution in [0.4, 0.5) is 11.4 Å². The molecule has 2 aromatic carbocycles. The fourth-order valence-corrected chi connectivity index (χ4v) is 4.22. The van der Waals surface area contributed by atoms with Gasteiger partial charge in [-0.05, 0) is 50.1 Å². The molecule has 0 bridgehead atoms. The van der Waals surface area contributed by atoms with Crippen LogP contribution >= 0.6 is 11.6 Å². The average molecular weight is 425 g/mol. The van der Waals surface area contributed by atoms with Gasteiger partial charge in [-0.2, -0.15) is 0 Å². The number of halogens is 1. The average Bonchev–Trinajstić information content (AvgIpc) is 2.62. The number of nitrogens with zero attached hydrogens (tertiary/aromatic N) is 1. The van der Waals surface area contributed by atoms with Gasteiger partial charge in [-0.25, -0.2) is 8.42 Å². The second-order valence-electron chi connectivity index (χ2n) is 6.33. The first-order chi connectivity index (χ1) is 13.2. The molecule has 0 aliphatic rings. The van der Waals surface area contributed by atoms with Gasteiger partial charge in [0.2, 0.25) is 15.9 Å². The zero-order chi connectivity index (χ0) is 20.9. The molecule has 0 saturated heterocycles. The lowest BCUT2D eigenvalue weighted by atomic mass is 10.1. The van der Waals surface area contributed by atoms with Crippen LogP contribution in [-0.2, 0) is 14.8 Å². The number of para-hydroxylation sites is 2. The van der Waals surface area contributed by atoms with Crippen LogP contribution in [0.2, 0.25) is 5.02 Å². The second-order valence-corrected chi connectivity index (χ2v) is 8.60. The summed E-state index contributed by atoms with van der Waals surface area (Å²) in [6, 6.07) is 11.0. The summed E-state index contributed by atoms with van der Waals surface area (Å²) in [5.41, 5.74) is 1.66. The Bertz CT molecular complexity index is 947. The van der Waals surface area contributed by atoms with Gasteiger partial charge in [0.05, 0.1) is 24.2 Å². The predicted octanol–water partition coefficient (Wildman–Crippen LogP) is 4.23. The topological polar surface area (TPSA) is 75.7 Å². The summed E-state index contributed by atoms with van der Waals surface area (Å²) in [6.07, 6.45) is 1.35. The molecular weight excluding hydrogens is 400 g/mol. The molecule has 0 aliphatic carbocycles. The van der Waals surface area contributed by atoms with Gasteiger partial charge in [0.1, 0.15) is 11.8 Å². The molecular formula is C20H25ClN2O4S. The molecule has 0 aromatic heterocycles. The first kappa shape index (κ1) is 22.0. The van der Waals surface area contributed by atoms with E-state index in [1.807, 2.05) is 13.8 Å². The summed E-state index contributed by atoms with van der Waals surface area (Å²) in [5.74, 6) is 0.0780. The molecule has 0 heterocycles. The SMILES string of the molecule is CCOc1ccccc1NC(=O)[C@H](CC)N(c1ccc(C)c(Cl)c1)S(C)(=O)=O. The molecule has 1 N–H and O–H groups in total. The van der Waals surface area contributed by atoms with E-state index in [4.69, 9.17) is 16.3 Å². The van der Waals surface area contributed by atoms with E-state index in [0.29, 0.717) is 28.8 Å². The van der Waals surface area contributed by atoms with Crippen LogP contribution in [0, 0.1) is 6.92 Å². The van der Waals surface area contributed by atoms with E-state index >= 15 is 0 Å². The zero-order valence-electron chi connectivity index (χ0n) is 16.4. The second kappa shape index (κ2) is 9.30. The number of rotatable bonds is 8. The molecule has 2 aromatic rings. The third-order valence-corrected chi connectivity index (χ3v) is 5.77. The minimum Gasteiger partial charge on any atom is -0.492 e. The highest BCUT2D eigenvalue weighted by Crippen LogP contribution is 2.29. The Morgan fingerprint density at radius 1 is 1.21 bits per heavy atom. The van der Waals surface area contributed by atoms with Gasteiger partial charge >= 0.3 is 0 Å². The maximum atomic E-state index is 13.0. The normalized spacial score (nSPS) is 12.3. The zero-order valence-corrected chi connectivity index (χ0v) is 18.0. The monoisotopic (exact) mass is 424 g/mol. The summed E-state index contributed by atoms with van der Waals surface area (Å²) in [5, 5.41) is 3.23. The number of hydrogen-bond donors (Lipinski definition) is 1. The van der Waals surface area contributed by atoms with Gasteiger partial charge in [-0.1, -0.05) is 36.7 Å². The van der Waals surface area contributed by atoms with E-state index in [9.17, 15) is 13.2 Å². The minimum atomic E-state index is -3.73. The van der Waals surface area contributed by atoms with E-state index in [2.05, 4.69) is 5.32 Å². The highest BCUT2D eigenvalue weighted by Gasteiger charge is 2.32. The van der Waals surface area contributed by atoms with Crippen LogP contribution in [-0.4, -0.2) is 33.2 Å². The van der Waals surface area contributed by atoms with Gasteiger partial charge in [0.15, 0.2) is 0 Å². The molecule has 0 aliphatic heterocycles. The van der Waals surface area contributed by atoms with Crippen molar-refractivity contribution in [2.75, 3.05) is 22.5 Å². The van der Waals surface area contributed by atoms with Gasteiger partial charge in [-0.15, -0.1) is 0 Å². The molecule has 0 unspecified atom stereocenters. The molecule has 1 atom stereocenters. The van der Waals surface area contributed by atoms with Crippen molar-refractivity contribution in [2.45, 2.75) is 33.2 Å². The standard InChI is InChI=1S/C20H25ClN2O4S/c1-5-18(20(24)22-17-9-7-8-10-19(17)27-6-2)23(28(4,25)26)15-12-11-14(3)16(21)13-15/h7-13,18H,5-6H2,1-4H3,(H,22,24)/t18-/m0/s1. The van der Waals surface area contributed by atoms with E-state index in [0.717, 1.165) is 16.1 Å².